The van der Waals surface area contributed by atoms with Crippen LogP contribution in [0.1, 0.15) is 32.4 Å². The van der Waals surface area contributed by atoms with Gasteiger partial charge in [0.25, 0.3) is 0 Å². The molecule has 1 aromatic rings. The van der Waals surface area contributed by atoms with Crippen LogP contribution in [-0.2, 0) is 11.3 Å². The van der Waals surface area contributed by atoms with E-state index in [9.17, 15) is 4.79 Å². The maximum atomic E-state index is 11.9. The third-order valence-corrected chi connectivity index (χ3v) is 3.89. The minimum Gasteiger partial charge on any atom is -0.467 e. The summed E-state index contributed by atoms with van der Waals surface area (Å²) in [6.45, 7) is 7.76. The second kappa shape index (κ2) is 7.45. The Morgan fingerprint density at radius 1 is 1.40 bits per heavy atom. The van der Waals surface area contributed by atoms with Gasteiger partial charge in [-0.3, -0.25) is 9.69 Å². The number of hydrogen-bond acceptors (Lipinski definition) is 4. The summed E-state index contributed by atoms with van der Waals surface area (Å²) in [5, 5.41) is 6.17. The van der Waals surface area contributed by atoms with Crippen molar-refractivity contribution < 1.29 is 9.21 Å². The van der Waals surface area contributed by atoms with Crippen molar-refractivity contribution in [3.8, 4) is 0 Å². The van der Waals surface area contributed by atoms with Gasteiger partial charge in [-0.05, 0) is 51.9 Å². The van der Waals surface area contributed by atoms with Crippen LogP contribution in [0.15, 0.2) is 22.8 Å². The van der Waals surface area contributed by atoms with Crippen LogP contribution in [0, 0.1) is 0 Å². The van der Waals surface area contributed by atoms with E-state index in [1.54, 1.807) is 6.26 Å². The number of nitrogens with one attached hydrogen (secondary N) is 2. The fourth-order valence-corrected chi connectivity index (χ4v) is 2.49. The molecule has 2 atom stereocenters. The summed E-state index contributed by atoms with van der Waals surface area (Å²) in [7, 11) is 0. The van der Waals surface area contributed by atoms with E-state index in [-0.39, 0.29) is 11.9 Å². The Bertz CT molecular complexity index is 399. The summed E-state index contributed by atoms with van der Waals surface area (Å²) in [6.07, 6.45) is 4.20. The fraction of sp³-hybridized carbons (Fsp3) is 0.667. The van der Waals surface area contributed by atoms with Crippen LogP contribution in [0.2, 0.25) is 0 Å². The zero-order valence-corrected chi connectivity index (χ0v) is 12.4. The summed E-state index contributed by atoms with van der Waals surface area (Å²) < 4.78 is 5.19. The number of amides is 1. The average molecular weight is 279 g/mol. The molecule has 1 fully saturated rings. The minimum absolute atomic E-state index is 0.00928. The van der Waals surface area contributed by atoms with Gasteiger partial charge in [0.05, 0.1) is 18.8 Å². The highest BCUT2D eigenvalue weighted by Gasteiger charge is 2.19. The molecule has 5 nitrogen and oxygen atoms in total. The summed E-state index contributed by atoms with van der Waals surface area (Å²) in [6, 6.07) is 3.97. The lowest BCUT2D eigenvalue weighted by molar-refractivity contribution is -0.123. The second-order valence-corrected chi connectivity index (χ2v) is 5.52. The van der Waals surface area contributed by atoms with E-state index in [1.165, 1.54) is 25.9 Å². The summed E-state index contributed by atoms with van der Waals surface area (Å²) in [4.78, 5) is 14.4. The molecule has 0 aromatic carbocycles. The molecule has 2 rings (SSSR count). The molecule has 1 aliphatic heterocycles. The number of carbonyl (C=O) groups excluding carboxylic acids is 1. The van der Waals surface area contributed by atoms with Crippen LogP contribution in [0.5, 0.6) is 0 Å². The van der Waals surface area contributed by atoms with Gasteiger partial charge in [-0.15, -0.1) is 0 Å². The van der Waals surface area contributed by atoms with Crippen molar-refractivity contribution in [2.24, 2.45) is 0 Å². The molecule has 1 saturated heterocycles. The Balaban J connectivity index is 1.65. The van der Waals surface area contributed by atoms with Crippen LogP contribution in [-0.4, -0.2) is 42.5 Å². The molecule has 0 spiro atoms. The topological polar surface area (TPSA) is 57.5 Å². The molecule has 5 heteroatoms. The summed E-state index contributed by atoms with van der Waals surface area (Å²) in [5.41, 5.74) is 0. The van der Waals surface area contributed by atoms with Crippen LogP contribution in [0.3, 0.4) is 0 Å². The van der Waals surface area contributed by atoms with Crippen molar-refractivity contribution in [1.29, 1.82) is 0 Å². The normalized spacial score (nSPS) is 18.9. The Kier molecular flexibility index (Phi) is 5.61. The predicted molar refractivity (Wildman–Crippen MR) is 78.3 cm³/mol. The van der Waals surface area contributed by atoms with E-state index in [2.05, 4.69) is 22.5 Å². The SMILES string of the molecule is CC(NCC(C)N1CCCC1)C(=O)NCc1ccco1. The largest absolute Gasteiger partial charge is 0.467 e. The Hall–Kier alpha value is -1.33. The number of carbonyl (C=O) groups is 1. The average Bonchev–Trinajstić information content (AvgIpc) is 3.13. The van der Waals surface area contributed by atoms with E-state index in [0.29, 0.717) is 12.6 Å². The highest BCUT2D eigenvalue weighted by molar-refractivity contribution is 5.81. The molecular weight excluding hydrogens is 254 g/mol. The molecule has 0 saturated carbocycles. The summed E-state index contributed by atoms with van der Waals surface area (Å²) in [5.74, 6) is 0.783. The maximum Gasteiger partial charge on any atom is 0.237 e. The van der Waals surface area contributed by atoms with Crippen molar-refractivity contribution in [3.05, 3.63) is 24.2 Å². The number of hydrogen-bond donors (Lipinski definition) is 2. The number of nitrogens with zero attached hydrogens (tertiary/aromatic N) is 1. The van der Waals surface area contributed by atoms with Gasteiger partial charge in [-0.1, -0.05) is 0 Å². The first kappa shape index (κ1) is 15.1. The molecule has 2 N–H and O–H groups in total. The zero-order chi connectivity index (χ0) is 14.4. The lowest BCUT2D eigenvalue weighted by atomic mass is 10.2. The van der Waals surface area contributed by atoms with Crippen LogP contribution < -0.4 is 10.6 Å². The van der Waals surface area contributed by atoms with Gasteiger partial charge in [0.2, 0.25) is 5.91 Å². The first-order valence-electron chi connectivity index (χ1n) is 7.44. The quantitative estimate of drug-likeness (QED) is 0.791. The molecule has 0 aliphatic carbocycles. The van der Waals surface area contributed by atoms with Crippen molar-refractivity contribution in [2.75, 3.05) is 19.6 Å². The van der Waals surface area contributed by atoms with E-state index in [0.717, 1.165) is 12.3 Å². The highest BCUT2D eigenvalue weighted by atomic mass is 16.3. The van der Waals surface area contributed by atoms with Gasteiger partial charge in [0.15, 0.2) is 0 Å². The first-order chi connectivity index (χ1) is 9.66. The predicted octanol–water partition coefficient (Wildman–Crippen LogP) is 1.36. The lowest BCUT2D eigenvalue weighted by Gasteiger charge is -2.25. The fourth-order valence-electron chi connectivity index (χ4n) is 2.49. The Morgan fingerprint density at radius 2 is 2.15 bits per heavy atom. The molecule has 2 unspecified atom stereocenters. The van der Waals surface area contributed by atoms with Crippen LogP contribution in [0.4, 0.5) is 0 Å². The smallest absolute Gasteiger partial charge is 0.237 e. The van der Waals surface area contributed by atoms with E-state index in [4.69, 9.17) is 4.42 Å². The molecule has 1 aromatic heterocycles. The molecular formula is C15H25N3O2. The minimum atomic E-state index is -0.185. The van der Waals surface area contributed by atoms with Gasteiger partial charge in [-0.25, -0.2) is 0 Å². The van der Waals surface area contributed by atoms with Crippen molar-refractivity contribution >= 4 is 5.91 Å². The van der Waals surface area contributed by atoms with Gasteiger partial charge in [-0.2, -0.15) is 0 Å². The van der Waals surface area contributed by atoms with Crippen LogP contribution >= 0.6 is 0 Å². The molecule has 0 radical (unpaired) electrons. The van der Waals surface area contributed by atoms with Crippen molar-refractivity contribution in [1.82, 2.24) is 15.5 Å². The number of furan rings is 1. The number of rotatable bonds is 7. The molecule has 2 heterocycles. The lowest BCUT2D eigenvalue weighted by Crippen LogP contribution is -2.47. The third kappa shape index (κ3) is 4.35. The van der Waals surface area contributed by atoms with Crippen molar-refractivity contribution in [3.63, 3.8) is 0 Å². The van der Waals surface area contributed by atoms with Gasteiger partial charge < -0.3 is 15.1 Å². The van der Waals surface area contributed by atoms with Gasteiger partial charge in [0.1, 0.15) is 5.76 Å². The monoisotopic (exact) mass is 279 g/mol. The second-order valence-electron chi connectivity index (χ2n) is 5.52. The highest BCUT2D eigenvalue weighted by Crippen LogP contribution is 2.10. The molecule has 20 heavy (non-hydrogen) atoms. The molecule has 1 amide bonds. The maximum absolute atomic E-state index is 11.9. The van der Waals surface area contributed by atoms with E-state index < -0.39 is 0 Å². The Morgan fingerprint density at radius 3 is 2.80 bits per heavy atom. The third-order valence-electron chi connectivity index (χ3n) is 3.89. The molecule has 1 aliphatic rings. The number of likely N-dealkylation sites (tertiary alicyclic amines) is 1. The van der Waals surface area contributed by atoms with E-state index in [1.807, 2.05) is 19.1 Å². The zero-order valence-electron chi connectivity index (χ0n) is 12.4. The molecule has 0 bridgehead atoms. The summed E-state index contributed by atoms with van der Waals surface area (Å²) >= 11 is 0. The van der Waals surface area contributed by atoms with Crippen LogP contribution in [0.25, 0.3) is 0 Å². The van der Waals surface area contributed by atoms with E-state index >= 15 is 0 Å². The first-order valence-corrected chi connectivity index (χ1v) is 7.44. The van der Waals surface area contributed by atoms with Crippen molar-refractivity contribution in [2.45, 2.75) is 45.3 Å². The molecule has 112 valence electrons. The Labute approximate surface area is 120 Å². The van der Waals surface area contributed by atoms with Gasteiger partial charge in [0, 0.05) is 12.6 Å². The standard InChI is InChI=1S/C15H25N3O2/c1-12(18-7-3-4-8-18)10-16-13(2)15(19)17-11-14-6-5-9-20-14/h5-6,9,12-13,16H,3-4,7-8,10-11H2,1-2H3,(H,17,19). The van der Waals surface area contributed by atoms with Gasteiger partial charge >= 0.3 is 0 Å².